The van der Waals surface area contributed by atoms with Gasteiger partial charge in [0, 0.05) is 31.3 Å². The van der Waals surface area contributed by atoms with E-state index in [0.29, 0.717) is 17.8 Å². The fraction of sp³-hybridized carbons (Fsp3) is 0.793. The zero-order chi connectivity index (χ0) is 24.7. The molecule has 0 amide bonds. The number of esters is 1. The Morgan fingerprint density at radius 1 is 1.12 bits per heavy atom. The van der Waals surface area contributed by atoms with Crippen molar-refractivity contribution in [1.29, 1.82) is 0 Å². The van der Waals surface area contributed by atoms with Crippen molar-refractivity contribution in [3.8, 4) is 0 Å². The molecule has 0 spiro atoms. The third-order valence-electron chi connectivity index (χ3n) is 11.1. The van der Waals surface area contributed by atoms with Crippen LogP contribution in [0, 0.1) is 45.3 Å². The minimum atomic E-state index is -0.465. The maximum absolute atomic E-state index is 12.9. The molecule has 2 saturated carbocycles. The summed E-state index contributed by atoms with van der Waals surface area (Å²) in [5.41, 5.74) is 0.719. The third-order valence-corrected chi connectivity index (χ3v) is 11.1. The summed E-state index contributed by atoms with van der Waals surface area (Å²) < 4.78 is 17.6. The van der Waals surface area contributed by atoms with E-state index >= 15 is 0 Å². The number of ketones is 1. The van der Waals surface area contributed by atoms with Gasteiger partial charge in [-0.2, -0.15) is 0 Å². The van der Waals surface area contributed by atoms with Crippen molar-refractivity contribution in [3.63, 3.8) is 0 Å². The number of hydrogen-bond acceptors (Lipinski definition) is 5. The SMILES string of the molecule is COC1CC(C2CC=C3C2(C)CCC2C4(C)C=CC(=O)C(C)(C)C4CC(OC(C)=O)C32C)CO1. The molecular formula is C29H42O5. The maximum Gasteiger partial charge on any atom is 0.302 e. The van der Waals surface area contributed by atoms with E-state index in [1.165, 1.54) is 12.5 Å². The van der Waals surface area contributed by atoms with Crippen LogP contribution in [0.3, 0.4) is 0 Å². The summed E-state index contributed by atoms with van der Waals surface area (Å²) in [6.45, 7) is 13.6. The molecule has 0 aromatic rings. The second kappa shape index (κ2) is 7.77. The lowest BCUT2D eigenvalue weighted by atomic mass is 9.38. The number of allylic oxidation sites excluding steroid dienone is 3. The van der Waals surface area contributed by atoms with Crippen LogP contribution < -0.4 is 0 Å². The minimum Gasteiger partial charge on any atom is -0.462 e. The summed E-state index contributed by atoms with van der Waals surface area (Å²) in [7, 11) is 1.73. The predicted molar refractivity (Wildman–Crippen MR) is 130 cm³/mol. The van der Waals surface area contributed by atoms with Crippen LogP contribution in [-0.2, 0) is 23.8 Å². The number of carbonyl (C=O) groups is 2. The molecule has 9 unspecified atom stereocenters. The van der Waals surface area contributed by atoms with Gasteiger partial charge in [-0.1, -0.05) is 52.3 Å². The molecule has 0 aromatic carbocycles. The molecule has 9 atom stereocenters. The summed E-state index contributed by atoms with van der Waals surface area (Å²) in [5, 5.41) is 0. The molecular weight excluding hydrogens is 428 g/mol. The highest BCUT2D eigenvalue weighted by Crippen LogP contribution is 2.72. The Balaban J connectivity index is 1.57. The number of carbonyl (C=O) groups excluding carboxylic acids is 2. The van der Waals surface area contributed by atoms with E-state index in [0.717, 1.165) is 38.7 Å². The van der Waals surface area contributed by atoms with Gasteiger partial charge in [0.1, 0.15) is 6.10 Å². The van der Waals surface area contributed by atoms with E-state index in [9.17, 15) is 9.59 Å². The molecule has 5 rings (SSSR count). The van der Waals surface area contributed by atoms with Crippen LogP contribution >= 0.6 is 0 Å². The standard InChI is InChI=1S/C29H42O5/c1-17(30)34-24-15-22-26(2,3)23(31)11-13-28(22,5)21-10-12-27(4)19(8-9-20(27)29(21,24)6)18-14-25(32-7)33-16-18/h9,11,13,18-19,21-22,24-25H,8,10,12,14-16H2,1-7H3. The highest BCUT2D eigenvalue weighted by Gasteiger charge is 2.68. The van der Waals surface area contributed by atoms with Gasteiger partial charge in [0.25, 0.3) is 0 Å². The van der Waals surface area contributed by atoms with Crippen LogP contribution in [0.4, 0.5) is 0 Å². The highest BCUT2D eigenvalue weighted by molar-refractivity contribution is 5.95. The zero-order valence-corrected chi connectivity index (χ0v) is 22.0. The molecule has 5 heteroatoms. The van der Waals surface area contributed by atoms with Gasteiger partial charge in [0.05, 0.1) is 6.61 Å². The van der Waals surface area contributed by atoms with E-state index in [2.05, 4.69) is 46.8 Å². The summed E-state index contributed by atoms with van der Waals surface area (Å²) in [5.74, 6) is 1.43. The molecule has 0 radical (unpaired) electrons. The van der Waals surface area contributed by atoms with Crippen LogP contribution in [0.5, 0.6) is 0 Å². The summed E-state index contributed by atoms with van der Waals surface area (Å²) >= 11 is 0. The molecule has 1 saturated heterocycles. The van der Waals surface area contributed by atoms with Crippen molar-refractivity contribution in [2.45, 2.75) is 86.0 Å². The Labute approximate surface area is 204 Å². The molecule has 0 bridgehead atoms. The van der Waals surface area contributed by atoms with Gasteiger partial charge in [-0.15, -0.1) is 0 Å². The fourth-order valence-corrected chi connectivity index (χ4v) is 9.42. The Morgan fingerprint density at radius 3 is 2.50 bits per heavy atom. The fourth-order valence-electron chi connectivity index (χ4n) is 9.42. The number of methoxy groups -OCH3 is 1. The van der Waals surface area contributed by atoms with Crippen LogP contribution in [-0.4, -0.2) is 37.9 Å². The Hall–Kier alpha value is -1.46. The molecule has 5 aliphatic rings. The molecule has 34 heavy (non-hydrogen) atoms. The topological polar surface area (TPSA) is 61.8 Å². The Bertz CT molecular complexity index is 948. The van der Waals surface area contributed by atoms with E-state index in [1.807, 2.05) is 6.08 Å². The molecule has 0 N–H and O–H groups in total. The van der Waals surface area contributed by atoms with E-state index < -0.39 is 5.41 Å². The number of hydrogen-bond donors (Lipinski definition) is 0. The van der Waals surface area contributed by atoms with Gasteiger partial charge in [-0.25, -0.2) is 0 Å². The van der Waals surface area contributed by atoms with Crippen molar-refractivity contribution in [3.05, 3.63) is 23.8 Å². The molecule has 3 fully saturated rings. The van der Waals surface area contributed by atoms with Crippen LogP contribution in [0.15, 0.2) is 23.8 Å². The number of fused-ring (bicyclic) bond motifs is 5. The van der Waals surface area contributed by atoms with Crippen LogP contribution in [0.2, 0.25) is 0 Å². The van der Waals surface area contributed by atoms with Crippen molar-refractivity contribution in [2.24, 2.45) is 45.3 Å². The lowest BCUT2D eigenvalue weighted by molar-refractivity contribution is -0.188. The predicted octanol–water partition coefficient (Wildman–Crippen LogP) is 5.49. The maximum atomic E-state index is 12.9. The van der Waals surface area contributed by atoms with Gasteiger partial charge in [-0.05, 0) is 66.3 Å². The van der Waals surface area contributed by atoms with Crippen LogP contribution in [0.25, 0.3) is 0 Å². The van der Waals surface area contributed by atoms with Crippen molar-refractivity contribution in [2.75, 3.05) is 13.7 Å². The van der Waals surface area contributed by atoms with E-state index in [-0.39, 0.29) is 46.3 Å². The first-order valence-corrected chi connectivity index (χ1v) is 13.2. The average Bonchev–Trinajstić information content (AvgIpc) is 3.37. The summed E-state index contributed by atoms with van der Waals surface area (Å²) in [6, 6.07) is 0. The summed E-state index contributed by atoms with van der Waals surface area (Å²) in [4.78, 5) is 25.3. The second-order valence-electron chi connectivity index (χ2n) is 12.9. The molecule has 0 aromatic heterocycles. The first-order chi connectivity index (χ1) is 15.9. The molecule has 188 valence electrons. The van der Waals surface area contributed by atoms with Gasteiger partial charge in [0.15, 0.2) is 12.1 Å². The number of ether oxygens (including phenoxy) is 3. The quantitative estimate of drug-likeness (QED) is 0.403. The average molecular weight is 471 g/mol. The monoisotopic (exact) mass is 470 g/mol. The van der Waals surface area contributed by atoms with Crippen molar-refractivity contribution >= 4 is 11.8 Å². The van der Waals surface area contributed by atoms with Crippen LogP contribution in [0.1, 0.15) is 73.6 Å². The van der Waals surface area contributed by atoms with Gasteiger partial charge in [0.2, 0.25) is 0 Å². The second-order valence-corrected chi connectivity index (χ2v) is 12.9. The smallest absolute Gasteiger partial charge is 0.302 e. The molecule has 5 nitrogen and oxygen atoms in total. The van der Waals surface area contributed by atoms with E-state index in [4.69, 9.17) is 14.2 Å². The third kappa shape index (κ3) is 3.11. The van der Waals surface area contributed by atoms with Crippen molar-refractivity contribution in [1.82, 2.24) is 0 Å². The van der Waals surface area contributed by atoms with E-state index in [1.54, 1.807) is 7.11 Å². The summed E-state index contributed by atoms with van der Waals surface area (Å²) in [6.07, 6.45) is 11.1. The molecule has 1 aliphatic heterocycles. The Morgan fingerprint density at radius 2 is 1.85 bits per heavy atom. The van der Waals surface area contributed by atoms with Crippen molar-refractivity contribution < 1.29 is 23.8 Å². The lowest BCUT2D eigenvalue weighted by Gasteiger charge is -2.66. The number of rotatable bonds is 3. The first-order valence-electron chi connectivity index (χ1n) is 13.2. The van der Waals surface area contributed by atoms with Gasteiger partial charge >= 0.3 is 5.97 Å². The molecule has 4 aliphatic carbocycles. The highest BCUT2D eigenvalue weighted by atomic mass is 16.7. The van der Waals surface area contributed by atoms with Gasteiger partial charge in [-0.3, -0.25) is 9.59 Å². The normalized spacial score (nSPS) is 49.1. The van der Waals surface area contributed by atoms with Gasteiger partial charge < -0.3 is 14.2 Å². The Kier molecular flexibility index (Phi) is 5.54. The first kappa shape index (κ1) is 24.2. The zero-order valence-electron chi connectivity index (χ0n) is 22.0. The largest absolute Gasteiger partial charge is 0.462 e. The minimum absolute atomic E-state index is 0.0627. The molecule has 1 heterocycles. The lowest BCUT2D eigenvalue weighted by Crippen LogP contribution is -2.64.